The molecule has 0 aromatic heterocycles. The number of nitrogens with one attached hydrogen (secondary N) is 1. The van der Waals surface area contributed by atoms with Crippen LogP contribution in [0.5, 0.6) is 5.75 Å². The van der Waals surface area contributed by atoms with Crippen LogP contribution >= 0.6 is 11.6 Å². The quantitative estimate of drug-likeness (QED) is 0.577. The largest absolute Gasteiger partial charge is 0.482 e. The summed E-state index contributed by atoms with van der Waals surface area (Å²) in [5.74, 6) is -0.417. The van der Waals surface area contributed by atoms with E-state index in [1.807, 2.05) is 43.3 Å². The van der Waals surface area contributed by atoms with E-state index in [0.717, 1.165) is 16.7 Å². The lowest BCUT2D eigenvalue weighted by Crippen LogP contribution is -2.50. The minimum Gasteiger partial charge on any atom is -0.482 e. The van der Waals surface area contributed by atoms with E-state index in [1.54, 1.807) is 6.07 Å². The van der Waals surface area contributed by atoms with Crippen molar-refractivity contribution in [2.24, 2.45) is 0 Å². The fraction of sp³-hybridized carbons (Fsp3) is 0.440. The number of amides is 1. The highest BCUT2D eigenvalue weighted by molar-refractivity contribution is 6.30. The van der Waals surface area contributed by atoms with E-state index in [0.29, 0.717) is 23.6 Å². The Morgan fingerprint density at radius 1 is 1.22 bits per heavy atom. The maximum absolute atomic E-state index is 12.0. The van der Waals surface area contributed by atoms with Crippen LogP contribution in [0, 0.1) is 0 Å². The summed E-state index contributed by atoms with van der Waals surface area (Å²) in [6, 6.07) is 13.3. The van der Waals surface area contributed by atoms with Crippen molar-refractivity contribution < 1.29 is 24.2 Å². The molecule has 32 heavy (non-hydrogen) atoms. The molecule has 3 atom stereocenters. The van der Waals surface area contributed by atoms with Crippen LogP contribution in [-0.4, -0.2) is 29.1 Å². The van der Waals surface area contributed by atoms with Gasteiger partial charge in [0.25, 0.3) is 0 Å². The first-order valence-electron chi connectivity index (χ1n) is 10.7. The fourth-order valence-corrected chi connectivity index (χ4v) is 4.46. The Morgan fingerprint density at radius 2 is 1.94 bits per heavy atom. The molecule has 0 aliphatic carbocycles. The Kier molecular flexibility index (Phi) is 7.47. The molecule has 1 fully saturated rings. The van der Waals surface area contributed by atoms with E-state index in [-0.39, 0.29) is 17.9 Å². The highest BCUT2D eigenvalue weighted by atomic mass is 35.5. The third kappa shape index (κ3) is 6.02. The van der Waals surface area contributed by atoms with Gasteiger partial charge in [-0.15, -0.1) is 0 Å². The Hall–Kier alpha value is -2.57. The molecule has 6 nitrogen and oxygen atoms in total. The number of ether oxygens (including phenoxy) is 2. The Bertz CT molecular complexity index is 992. The summed E-state index contributed by atoms with van der Waals surface area (Å²) >= 11 is 6.22. The zero-order chi connectivity index (χ0) is 23.5. The summed E-state index contributed by atoms with van der Waals surface area (Å²) in [7, 11) is 0. The highest BCUT2D eigenvalue weighted by Gasteiger charge is 2.41. The average molecular weight is 460 g/mol. The van der Waals surface area contributed by atoms with E-state index in [9.17, 15) is 9.59 Å². The molecule has 2 aromatic carbocycles. The second-order valence-electron chi connectivity index (χ2n) is 8.95. The number of carbonyl (C=O) groups is 2. The maximum atomic E-state index is 12.0. The minimum absolute atomic E-state index is 0.115. The van der Waals surface area contributed by atoms with Crippen molar-refractivity contribution in [3.05, 3.63) is 64.2 Å². The number of carbonyl (C=O) groups excluding carboxylic acids is 1. The zero-order valence-electron chi connectivity index (χ0n) is 18.9. The summed E-state index contributed by atoms with van der Waals surface area (Å²) in [6.07, 6.45) is 0.388. The van der Waals surface area contributed by atoms with E-state index in [4.69, 9.17) is 26.2 Å². The van der Waals surface area contributed by atoms with Gasteiger partial charge < -0.3 is 19.9 Å². The van der Waals surface area contributed by atoms with Crippen molar-refractivity contribution in [1.29, 1.82) is 0 Å². The molecule has 7 heteroatoms. The molecule has 0 bridgehead atoms. The zero-order valence-corrected chi connectivity index (χ0v) is 19.6. The third-order valence-corrected chi connectivity index (χ3v) is 5.93. The molecule has 1 amide bonds. The van der Waals surface area contributed by atoms with Crippen LogP contribution in [0.1, 0.15) is 75.4 Å². The van der Waals surface area contributed by atoms with E-state index >= 15 is 0 Å². The van der Waals surface area contributed by atoms with Crippen molar-refractivity contribution >= 4 is 23.5 Å². The number of hydrogen-bond donors (Lipinski definition) is 2. The van der Waals surface area contributed by atoms with Gasteiger partial charge in [0.15, 0.2) is 6.61 Å². The lowest BCUT2D eigenvalue weighted by atomic mass is 9.80. The fourth-order valence-electron chi connectivity index (χ4n) is 4.26. The molecule has 1 aliphatic rings. The number of carboxylic acid groups (broad SMARTS) is 1. The summed E-state index contributed by atoms with van der Waals surface area (Å²) in [4.78, 5) is 23.1. The Labute approximate surface area is 193 Å². The van der Waals surface area contributed by atoms with Crippen LogP contribution in [0.3, 0.4) is 0 Å². The number of hydrogen-bond acceptors (Lipinski definition) is 4. The van der Waals surface area contributed by atoms with E-state index in [1.165, 1.54) is 6.92 Å². The molecule has 172 valence electrons. The molecule has 1 saturated heterocycles. The summed E-state index contributed by atoms with van der Waals surface area (Å²) in [5, 5.41) is 12.8. The van der Waals surface area contributed by atoms with Crippen LogP contribution in [0.25, 0.3) is 0 Å². The van der Waals surface area contributed by atoms with Gasteiger partial charge in [-0.05, 0) is 48.2 Å². The number of carboxylic acids is 1. The van der Waals surface area contributed by atoms with Gasteiger partial charge in [-0.3, -0.25) is 4.79 Å². The summed E-state index contributed by atoms with van der Waals surface area (Å²) in [5.41, 5.74) is 2.27. The van der Waals surface area contributed by atoms with Gasteiger partial charge >= 0.3 is 5.97 Å². The number of aliphatic carboxylic acids is 1. The summed E-state index contributed by atoms with van der Waals surface area (Å²) < 4.78 is 12.1. The molecule has 2 aromatic rings. The van der Waals surface area contributed by atoms with Crippen molar-refractivity contribution in [3.8, 4) is 5.75 Å². The standard InChI is InChI=1S/C25H30ClNO5/c1-15(2)17-8-9-21(31-14-24(29)30)20(11-17)23-13-25(4,27-16(3)28)12-22(32-23)18-6-5-7-19(26)10-18/h5-11,15,22-23H,12-14H2,1-4H3,(H,27,28)(H,29,30)/t22-,23+,25+/m0/s1. The molecule has 3 rings (SSSR count). The Balaban J connectivity index is 2.04. The lowest BCUT2D eigenvalue weighted by Gasteiger charge is -2.43. The SMILES string of the molecule is CC(=O)N[C@]1(C)C[C@@H](c2cccc(Cl)c2)O[C@@H](c2cc(C(C)C)ccc2OCC(=O)O)C1. The van der Waals surface area contributed by atoms with Crippen LogP contribution < -0.4 is 10.1 Å². The van der Waals surface area contributed by atoms with Crippen LogP contribution in [0.15, 0.2) is 42.5 Å². The third-order valence-electron chi connectivity index (χ3n) is 5.70. The molecular formula is C25H30ClNO5. The van der Waals surface area contributed by atoms with Crippen molar-refractivity contribution in [2.45, 2.75) is 64.2 Å². The molecule has 0 unspecified atom stereocenters. The second-order valence-corrected chi connectivity index (χ2v) is 9.39. The second kappa shape index (κ2) is 9.92. The van der Waals surface area contributed by atoms with Gasteiger partial charge in [-0.2, -0.15) is 0 Å². The van der Waals surface area contributed by atoms with E-state index < -0.39 is 24.2 Å². The molecule has 0 saturated carbocycles. The molecule has 1 heterocycles. The van der Waals surface area contributed by atoms with Crippen molar-refractivity contribution in [2.75, 3.05) is 6.61 Å². The van der Waals surface area contributed by atoms with E-state index in [2.05, 4.69) is 19.2 Å². The molecular weight excluding hydrogens is 430 g/mol. The van der Waals surface area contributed by atoms with Gasteiger partial charge in [0.2, 0.25) is 5.91 Å². The molecule has 0 spiro atoms. The minimum atomic E-state index is -1.05. The number of benzene rings is 2. The first kappa shape index (κ1) is 24.1. The van der Waals surface area contributed by atoms with Crippen LogP contribution in [0.4, 0.5) is 0 Å². The molecule has 1 aliphatic heterocycles. The number of halogens is 1. The van der Waals surface area contributed by atoms with Crippen LogP contribution in [0.2, 0.25) is 5.02 Å². The predicted octanol–water partition coefficient (Wildman–Crippen LogP) is 5.41. The first-order valence-corrected chi connectivity index (χ1v) is 11.1. The number of rotatable bonds is 7. The first-order chi connectivity index (χ1) is 15.1. The highest BCUT2D eigenvalue weighted by Crippen LogP contribution is 2.46. The van der Waals surface area contributed by atoms with Crippen molar-refractivity contribution in [3.63, 3.8) is 0 Å². The van der Waals surface area contributed by atoms with Gasteiger partial charge in [0.1, 0.15) is 5.75 Å². The molecule has 0 radical (unpaired) electrons. The van der Waals surface area contributed by atoms with Crippen molar-refractivity contribution in [1.82, 2.24) is 5.32 Å². The smallest absolute Gasteiger partial charge is 0.341 e. The van der Waals surface area contributed by atoms with Gasteiger partial charge in [-0.1, -0.05) is 43.6 Å². The average Bonchev–Trinajstić information content (AvgIpc) is 2.70. The maximum Gasteiger partial charge on any atom is 0.341 e. The van der Waals surface area contributed by atoms with Gasteiger partial charge in [0, 0.05) is 35.9 Å². The van der Waals surface area contributed by atoms with Gasteiger partial charge in [-0.25, -0.2) is 4.79 Å². The molecule has 2 N–H and O–H groups in total. The topological polar surface area (TPSA) is 84.9 Å². The Morgan fingerprint density at radius 3 is 2.56 bits per heavy atom. The monoisotopic (exact) mass is 459 g/mol. The summed E-state index contributed by atoms with van der Waals surface area (Å²) in [6.45, 7) is 7.25. The van der Waals surface area contributed by atoms with Gasteiger partial charge in [0.05, 0.1) is 12.2 Å². The normalized spacial score (nSPS) is 23.1. The van der Waals surface area contributed by atoms with Crippen LogP contribution in [-0.2, 0) is 14.3 Å². The lowest BCUT2D eigenvalue weighted by molar-refractivity contribution is -0.139. The predicted molar refractivity (Wildman–Crippen MR) is 123 cm³/mol.